The second-order valence-corrected chi connectivity index (χ2v) is 4.70. The summed E-state index contributed by atoms with van der Waals surface area (Å²) in [5, 5.41) is 2.92. The van der Waals surface area contributed by atoms with Crippen LogP contribution in [0.25, 0.3) is 0 Å². The Morgan fingerprint density at radius 3 is 2.60 bits per heavy atom. The Hall–Kier alpha value is -0.570. The monoisotopic (exact) mass is 213 g/mol. The molecule has 0 bridgehead atoms. The first-order valence-electron chi connectivity index (χ1n) is 6.05. The molecule has 1 N–H and O–H groups in total. The Morgan fingerprint density at radius 1 is 1.47 bits per heavy atom. The van der Waals surface area contributed by atoms with E-state index in [-0.39, 0.29) is 18.1 Å². The van der Waals surface area contributed by atoms with Gasteiger partial charge in [-0.05, 0) is 32.6 Å². The predicted molar refractivity (Wildman–Crippen MR) is 60.7 cm³/mol. The molecule has 1 rings (SSSR count). The van der Waals surface area contributed by atoms with Crippen molar-refractivity contribution in [2.45, 2.75) is 58.6 Å². The maximum atomic E-state index is 11.8. The van der Waals surface area contributed by atoms with Gasteiger partial charge in [-0.3, -0.25) is 4.79 Å². The van der Waals surface area contributed by atoms with E-state index in [1.807, 2.05) is 13.8 Å². The lowest BCUT2D eigenvalue weighted by atomic mass is 10.1. The van der Waals surface area contributed by atoms with E-state index >= 15 is 0 Å². The number of ether oxygens (including phenoxy) is 1. The van der Waals surface area contributed by atoms with Crippen LogP contribution in [0.4, 0.5) is 0 Å². The average Bonchev–Trinajstić information content (AvgIpc) is 2.94. The zero-order chi connectivity index (χ0) is 11.3. The van der Waals surface area contributed by atoms with Crippen molar-refractivity contribution in [2.24, 2.45) is 5.92 Å². The molecule has 1 saturated carbocycles. The summed E-state index contributed by atoms with van der Waals surface area (Å²) in [4.78, 5) is 11.8. The number of hydrogen-bond donors (Lipinski definition) is 1. The Morgan fingerprint density at radius 2 is 2.13 bits per heavy atom. The number of carbonyl (C=O) groups is 1. The van der Waals surface area contributed by atoms with Crippen LogP contribution in [0.5, 0.6) is 0 Å². The molecule has 0 aliphatic heterocycles. The number of amides is 1. The molecule has 1 unspecified atom stereocenters. The van der Waals surface area contributed by atoms with Crippen LogP contribution in [0.2, 0.25) is 0 Å². The summed E-state index contributed by atoms with van der Waals surface area (Å²) in [6.07, 6.45) is 4.18. The smallest absolute Gasteiger partial charge is 0.249 e. The quantitative estimate of drug-likeness (QED) is 0.703. The molecule has 3 heteroatoms. The van der Waals surface area contributed by atoms with Crippen LogP contribution in [0.3, 0.4) is 0 Å². The summed E-state index contributed by atoms with van der Waals surface area (Å²) >= 11 is 0. The molecule has 0 radical (unpaired) electrons. The van der Waals surface area contributed by atoms with Crippen LogP contribution in [-0.2, 0) is 9.53 Å². The van der Waals surface area contributed by atoms with Crippen molar-refractivity contribution in [2.75, 3.05) is 6.61 Å². The van der Waals surface area contributed by atoms with Crippen molar-refractivity contribution in [1.82, 2.24) is 5.32 Å². The average molecular weight is 213 g/mol. The van der Waals surface area contributed by atoms with E-state index in [1.54, 1.807) is 0 Å². The van der Waals surface area contributed by atoms with Crippen LogP contribution in [0, 0.1) is 5.92 Å². The Bertz CT molecular complexity index is 200. The summed E-state index contributed by atoms with van der Waals surface area (Å²) in [5.74, 6) is 0.787. The van der Waals surface area contributed by atoms with Crippen LogP contribution in [-0.4, -0.2) is 24.7 Å². The van der Waals surface area contributed by atoms with E-state index < -0.39 is 0 Å². The van der Waals surface area contributed by atoms with E-state index in [0.29, 0.717) is 6.61 Å². The van der Waals surface area contributed by atoms with Gasteiger partial charge in [0.05, 0.1) is 0 Å². The molecule has 1 fully saturated rings. The fourth-order valence-electron chi connectivity index (χ4n) is 1.54. The molecular weight excluding hydrogens is 190 g/mol. The fraction of sp³-hybridized carbons (Fsp3) is 0.917. The van der Waals surface area contributed by atoms with Gasteiger partial charge in [0.2, 0.25) is 5.91 Å². The van der Waals surface area contributed by atoms with E-state index in [2.05, 4.69) is 12.2 Å². The maximum absolute atomic E-state index is 11.8. The molecule has 1 amide bonds. The molecule has 15 heavy (non-hydrogen) atoms. The molecule has 0 spiro atoms. The predicted octanol–water partition coefficient (Wildman–Crippen LogP) is 2.11. The molecular formula is C12H23NO2. The molecule has 0 aromatic rings. The largest absolute Gasteiger partial charge is 0.368 e. The van der Waals surface area contributed by atoms with Gasteiger partial charge < -0.3 is 10.1 Å². The third-order valence-corrected chi connectivity index (χ3v) is 2.49. The highest BCUT2D eigenvalue weighted by Crippen LogP contribution is 2.34. The van der Waals surface area contributed by atoms with Crippen molar-refractivity contribution in [3.05, 3.63) is 0 Å². The minimum Gasteiger partial charge on any atom is -0.368 e. The highest BCUT2D eigenvalue weighted by Gasteiger charge is 2.29. The molecule has 0 aromatic carbocycles. The number of carbonyl (C=O) groups excluding carboxylic acids is 1. The van der Waals surface area contributed by atoms with E-state index in [4.69, 9.17) is 4.74 Å². The lowest BCUT2D eigenvalue weighted by Gasteiger charge is -2.18. The minimum absolute atomic E-state index is 0.0605. The van der Waals surface area contributed by atoms with Gasteiger partial charge in [-0.1, -0.05) is 19.8 Å². The van der Waals surface area contributed by atoms with Gasteiger partial charge in [-0.25, -0.2) is 0 Å². The molecule has 1 atom stereocenters. The third-order valence-electron chi connectivity index (χ3n) is 2.49. The Kier molecular flexibility index (Phi) is 5.09. The first kappa shape index (κ1) is 12.5. The molecule has 3 nitrogen and oxygen atoms in total. The second kappa shape index (κ2) is 6.11. The highest BCUT2D eigenvalue weighted by molar-refractivity contribution is 5.81. The van der Waals surface area contributed by atoms with Crippen molar-refractivity contribution >= 4 is 5.91 Å². The van der Waals surface area contributed by atoms with Crippen molar-refractivity contribution < 1.29 is 9.53 Å². The summed E-state index contributed by atoms with van der Waals surface area (Å²) in [6.45, 7) is 6.70. The summed E-state index contributed by atoms with van der Waals surface area (Å²) in [5.41, 5.74) is 0. The van der Waals surface area contributed by atoms with Crippen molar-refractivity contribution in [3.63, 3.8) is 0 Å². The highest BCUT2D eigenvalue weighted by atomic mass is 16.5. The normalized spacial score (nSPS) is 17.9. The lowest BCUT2D eigenvalue weighted by Crippen LogP contribution is -2.40. The zero-order valence-corrected chi connectivity index (χ0v) is 10.1. The molecule has 0 saturated heterocycles. The van der Waals surface area contributed by atoms with Gasteiger partial charge in [0, 0.05) is 12.6 Å². The van der Waals surface area contributed by atoms with E-state index in [9.17, 15) is 4.79 Å². The van der Waals surface area contributed by atoms with Gasteiger partial charge in [-0.15, -0.1) is 0 Å². The molecule has 0 aromatic heterocycles. The van der Waals surface area contributed by atoms with Gasteiger partial charge in [0.15, 0.2) is 0 Å². The topological polar surface area (TPSA) is 38.3 Å². The molecule has 1 aliphatic carbocycles. The zero-order valence-electron chi connectivity index (χ0n) is 10.1. The van der Waals surface area contributed by atoms with Gasteiger partial charge in [0.25, 0.3) is 0 Å². The van der Waals surface area contributed by atoms with Crippen molar-refractivity contribution in [1.29, 1.82) is 0 Å². The maximum Gasteiger partial charge on any atom is 0.249 e. The number of rotatable bonds is 7. The molecule has 0 heterocycles. The lowest BCUT2D eigenvalue weighted by molar-refractivity contribution is -0.134. The number of nitrogens with one attached hydrogen (secondary N) is 1. The first-order valence-corrected chi connectivity index (χ1v) is 6.05. The van der Waals surface area contributed by atoms with Crippen LogP contribution in [0.15, 0.2) is 0 Å². The standard InChI is InChI=1S/C12H23NO2/c1-4-7-15-11(8-10-5-6-10)12(14)13-9(2)3/h9-11H,4-8H2,1-3H3,(H,13,14). The van der Waals surface area contributed by atoms with Gasteiger partial charge in [0.1, 0.15) is 6.10 Å². The first-order chi connectivity index (χ1) is 7.13. The summed E-state index contributed by atoms with van der Waals surface area (Å²) < 4.78 is 5.59. The Labute approximate surface area is 92.6 Å². The molecule has 88 valence electrons. The SMILES string of the molecule is CCCOC(CC1CC1)C(=O)NC(C)C. The second-order valence-electron chi connectivity index (χ2n) is 4.70. The van der Waals surface area contributed by atoms with E-state index in [0.717, 1.165) is 18.8 Å². The summed E-state index contributed by atoms with van der Waals surface area (Å²) in [6, 6.07) is 0.199. The third kappa shape index (κ3) is 5.17. The van der Waals surface area contributed by atoms with Gasteiger partial charge in [-0.2, -0.15) is 0 Å². The van der Waals surface area contributed by atoms with Crippen LogP contribution >= 0.6 is 0 Å². The van der Waals surface area contributed by atoms with Crippen molar-refractivity contribution in [3.8, 4) is 0 Å². The van der Waals surface area contributed by atoms with Gasteiger partial charge >= 0.3 is 0 Å². The fourth-order valence-corrected chi connectivity index (χ4v) is 1.54. The number of hydrogen-bond acceptors (Lipinski definition) is 2. The van der Waals surface area contributed by atoms with Crippen LogP contribution in [0.1, 0.15) is 46.5 Å². The summed E-state index contributed by atoms with van der Waals surface area (Å²) in [7, 11) is 0. The van der Waals surface area contributed by atoms with Crippen LogP contribution < -0.4 is 5.32 Å². The Balaban J connectivity index is 2.34. The van der Waals surface area contributed by atoms with E-state index in [1.165, 1.54) is 12.8 Å². The molecule has 1 aliphatic rings. The minimum atomic E-state index is -0.222.